The molecular formula is C18H20N6. The van der Waals surface area contributed by atoms with Gasteiger partial charge in [-0.3, -0.25) is 4.99 Å². The molecule has 1 unspecified atom stereocenters. The Morgan fingerprint density at radius 3 is 2.96 bits per heavy atom. The number of aromatic nitrogens is 3. The van der Waals surface area contributed by atoms with Crippen LogP contribution in [0.15, 0.2) is 60.0 Å². The number of rotatable bonds is 3. The molecule has 0 saturated heterocycles. The predicted molar refractivity (Wildman–Crippen MR) is 96.2 cm³/mol. The smallest absolute Gasteiger partial charge is 0.228 e. The number of nitrogens with one attached hydrogen (secondary N) is 1. The fourth-order valence-corrected chi connectivity index (χ4v) is 2.87. The number of allylic oxidation sites excluding steroid dienone is 2. The highest BCUT2D eigenvalue weighted by Gasteiger charge is 2.40. The van der Waals surface area contributed by atoms with Crippen molar-refractivity contribution < 1.29 is 1.43 Å². The number of amidine groups is 1. The van der Waals surface area contributed by atoms with Crippen molar-refractivity contribution in [2.24, 2.45) is 4.99 Å². The molecule has 0 aliphatic carbocycles. The van der Waals surface area contributed by atoms with Crippen molar-refractivity contribution in [2.45, 2.75) is 19.4 Å². The van der Waals surface area contributed by atoms with Crippen molar-refractivity contribution in [1.29, 1.82) is 0 Å². The Morgan fingerprint density at radius 1 is 1.21 bits per heavy atom. The number of pyridine rings is 1. The van der Waals surface area contributed by atoms with Crippen LogP contribution < -0.4 is 5.32 Å². The van der Waals surface area contributed by atoms with Crippen LogP contribution >= 0.6 is 0 Å². The Bertz CT molecular complexity index is 858. The van der Waals surface area contributed by atoms with Gasteiger partial charge < -0.3 is 10.2 Å². The van der Waals surface area contributed by atoms with Crippen molar-refractivity contribution in [2.75, 3.05) is 11.9 Å². The lowest BCUT2D eigenvalue weighted by molar-refractivity contribution is 0.289. The lowest BCUT2D eigenvalue weighted by Crippen LogP contribution is -2.42. The van der Waals surface area contributed by atoms with Crippen LogP contribution in [0, 0.1) is 6.92 Å². The van der Waals surface area contributed by atoms with Crippen LogP contribution in [0.2, 0.25) is 0 Å². The van der Waals surface area contributed by atoms with E-state index in [1.807, 2.05) is 55.7 Å². The maximum Gasteiger partial charge on any atom is 0.228 e. The van der Waals surface area contributed by atoms with E-state index in [2.05, 4.69) is 32.1 Å². The van der Waals surface area contributed by atoms with Gasteiger partial charge in [-0.1, -0.05) is 12.1 Å². The first-order valence-corrected chi connectivity index (χ1v) is 7.87. The molecule has 2 aliphatic rings. The molecular weight excluding hydrogens is 300 g/mol. The standard InChI is InChI=1S/C18H18N6.H2/c1-13-6-7-15(20-11-13)23-17-19-9-8-14(22-17)18(2)12-21-16-5-3-4-10-24(16)18;/h3-11H,12H2,1-2H3,(H,19,20,22,23);1H. The van der Waals surface area contributed by atoms with Gasteiger partial charge in [0.15, 0.2) is 0 Å². The molecule has 122 valence electrons. The van der Waals surface area contributed by atoms with Gasteiger partial charge in [-0.05, 0) is 43.7 Å². The quantitative estimate of drug-likeness (QED) is 0.941. The van der Waals surface area contributed by atoms with Gasteiger partial charge in [-0.25, -0.2) is 15.0 Å². The highest BCUT2D eigenvalue weighted by molar-refractivity contribution is 5.97. The van der Waals surface area contributed by atoms with Gasteiger partial charge in [0, 0.05) is 20.0 Å². The van der Waals surface area contributed by atoms with E-state index < -0.39 is 0 Å². The van der Waals surface area contributed by atoms with Crippen LogP contribution in [0.3, 0.4) is 0 Å². The number of nitrogens with zero attached hydrogens (tertiary/aromatic N) is 5. The molecule has 1 atom stereocenters. The number of anilines is 2. The van der Waals surface area contributed by atoms with Crippen molar-refractivity contribution in [3.05, 3.63) is 66.3 Å². The van der Waals surface area contributed by atoms with Crippen LogP contribution in [0.4, 0.5) is 11.8 Å². The fraction of sp³-hybridized carbons (Fsp3) is 0.222. The first kappa shape index (κ1) is 14.6. The lowest BCUT2D eigenvalue weighted by Gasteiger charge is -2.34. The summed E-state index contributed by atoms with van der Waals surface area (Å²) in [6.07, 6.45) is 11.7. The molecule has 4 heterocycles. The largest absolute Gasteiger partial charge is 0.320 e. The number of hydrogen-bond donors (Lipinski definition) is 1. The minimum absolute atomic E-state index is 0. The minimum atomic E-state index is -0.309. The van der Waals surface area contributed by atoms with Gasteiger partial charge in [0.1, 0.15) is 17.2 Å². The van der Waals surface area contributed by atoms with E-state index in [1.165, 1.54) is 0 Å². The normalized spacial score (nSPS) is 21.6. The fourth-order valence-electron chi connectivity index (χ4n) is 2.87. The molecule has 0 fully saturated rings. The monoisotopic (exact) mass is 320 g/mol. The Labute approximate surface area is 142 Å². The van der Waals surface area contributed by atoms with E-state index in [4.69, 9.17) is 4.98 Å². The number of fused-ring (bicyclic) bond motifs is 1. The Morgan fingerprint density at radius 2 is 2.12 bits per heavy atom. The SMILES string of the molecule is Cc1ccc(Nc2nccc(C3(C)CN=C4C=CC=CN43)n2)nc1.[HH]. The van der Waals surface area contributed by atoms with E-state index in [0.717, 1.165) is 22.9 Å². The highest BCUT2D eigenvalue weighted by Crippen LogP contribution is 2.34. The molecule has 2 aromatic rings. The highest BCUT2D eigenvalue weighted by atomic mass is 15.3. The summed E-state index contributed by atoms with van der Waals surface area (Å²) < 4.78 is 0. The zero-order chi connectivity index (χ0) is 16.6. The lowest BCUT2D eigenvalue weighted by atomic mass is 9.96. The third-order valence-electron chi connectivity index (χ3n) is 4.28. The number of aryl methyl sites for hydroxylation is 1. The molecule has 24 heavy (non-hydrogen) atoms. The molecule has 0 radical (unpaired) electrons. The first-order chi connectivity index (χ1) is 11.6. The van der Waals surface area contributed by atoms with E-state index in [-0.39, 0.29) is 6.97 Å². The second-order valence-electron chi connectivity index (χ2n) is 6.13. The predicted octanol–water partition coefficient (Wildman–Crippen LogP) is 3.18. The van der Waals surface area contributed by atoms with Crippen molar-refractivity contribution in [3.8, 4) is 0 Å². The summed E-state index contributed by atoms with van der Waals surface area (Å²) in [5.74, 6) is 2.23. The maximum absolute atomic E-state index is 4.70. The van der Waals surface area contributed by atoms with Crippen LogP contribution in [0.1, 0.15) is 19.6 Å². The average Bonchev–Trinajstić information content (AvgIpc) is 2.96. The Kier molecular flexibility index (Phi) is 3.37. The number of aliphatic imine (C=N–C) groups is 1. The van der Waals surface area contributed by atoms with Gasteiger partial charge in [-0.15, -0.1) is 0 Å². The van der Waals surface area contributed by atoms with E-state index in [0.29, 0.717) is 12.5 Å². The van der Waals surface area contributed by atoms with Crippen LogP contribution in [0.25, 0.3) is 0 Å². The zero-order valence-electron chi connectivity index (χ0n) is 13.6. The third-order valence-corrected chi connectivity index (χ3v) is 4.28. The molecule has 0 saturated carbocycles. The Balaban J connectivity index is 0.00000182. The van der Waals surface area contributed by atoms with Gasteiger partial charge in [0.25, 0.3) is 0 Å². The summed E-state index contributed by atoms with van der Waals surface area (Å²) >= 11 is 0. The molecule has 6 heteroatoms. The van der Waals surface area contributed by atoms with Crippen molar-refractivity contribution in [1.82, 2.24) is 19.9 Å². The Hall–Kier alpha value is -3.02. The number of hydrogen-bond acceptors (Lipinski definition) is 6. The van der Waals surface area contributed by atoms with Gasteiger partial charge in [0.05, 0.1) is 12.2 Å². The van der Waals surface area contributed by atoms with E-state index in [1.54, 1.807) is 6.20 Å². The summed E-state index contributed by atoms with van der Waals surface area (Å²) in [4.78, 5) is 20.1. The topological polar surface area (TPSA) is 66.3 Å². The van der Waals surface area contributed by atoms with Gasteiger partial charge in [0.2, 0.25) is 5.95 Å². The molecule has 0 spiro atoms. The van der Waals surface area contributed by atoms with Crippen molar-refractivity contribution >= 4 is 17.6 Å². The minimum Gasteiger partial charge on any atom is -0.320 e. The second kappa shape index (κ2) is 5.56. The van der Waals surface area contributed by atoms with Crippen molar-refractivity contribution in [3.63, 3.8) is 0 Å². The van der Waals surface area contributed by atoms with Gasteiger partial charge >= 0.3 is 0 Å². The molecule has 0 bridgehead atoms. The summed E-state index contributed by atoms with van der Waals surface area (Å²) in [6, 6.07) is 5.86. The summed E-state index contributed by atoms with van der Waals surface area (Å²) in [5, 5.41) is 3.16. The zero-order valence-corrected chi connectivity index (χ0v) is 13.6. The molecule has 2 aromatic heterocycles. The molecule has 4 rings (SSSR count). The first-order valence-electron chi connectivity index (χ1n) is 7.87. The van der Waals surface area contributed by atoms with E-state index >= 15 is 0 Å². The molecule has 1 N–H and O–H groups in total. The molecule has 0 amide bonds. The van der Waals surface area contributed by atoms with E-state index in [9.17, 15) is 0 Å². The summed E-state index contributed by atoms with van der Waals surface area (Å²) in [6.45, 7) is 4.81. The molecule has 2 aliphatic heterocycles. The van der Waals surface area contributed by atoms with Crippen LogP contribution in [-0.4, -0.2) is 32.2 Å². The van der Waals surface area contributed by atoms with Gasteiger partial charge in [-0.2, -0.15) is 0 Å². The second-order valence-corrected chi connectivity index (χ2v) is 6.13. The van der Waals surface area contributed by atoms with Crippen LogP contribution in [0.5, 0.6) is 0 Å². The molecule has 6 nitrogen and oxygen atoms in total. The maximum atomic E-state index is 4.70. The average molecular weight is 320 g/mol. The van der Waals surface area contributed by atoms with Crippen LogP contribution in [-0.2, 0) is 5.54 Å². The summed E-state index contributed by atoms with van der Waals surface area (Å²) in [7, 11) is 0. The molecule has 0 aromatic carbocycles. The third kappa shape index (κ3) is 2.46. The summed E-state index contributed by atoms with van der Waals surface area (Å²) in [5.41, 5.74) is 1.73.